The van der Waals surface area contributed by atoms with Gasteiger partial charge in [-0.05, 0) is 43.0 Å². The minimum Gasteiger partial charge on any atom is -0.507 e. The van der Waals surface area contributed by atoms with E-state index in [0.717, 1.165) is 11.3 Å². The van der Waals surface area contributed by atoms with E-state index in [1.807, 2.05) is 24.3 Å². The molecule has 0 spiro atoms. The zero-order valence-corrected chi connectivity index (χ0v) is 23.7. The van der Waals surface area contributed by atoms with Gasteiger partial charge in [0.05, 0.1) is 11.1 Å². The van der Waals surface area contributed by atoms with E-state index in [2.05, 4.69) is 4.90 Å². The number of hydrogen-bond donors (Lipinski definition) is 2. The van der Waals surface area contributed by atoms with Crippen LogP contribution in [0.4, 0.5) is 5.69 Å². The number of ether oxygens (including phenoxy) is 1. The van der Waals surface area contributed by atoms with Crippen molar-refractivity contribution in [1.29, 1.82) is 0 Å². The first kappa shape index (κ1) is 29.4. The zero-order chi connectivity index (χ0) is 28.8. The van der Waals surface area contributed by atoms with Gasteiger partial charge in [-0.2, -0.15) is 0 Å². The number of hydrogen-bond acceptors (Lipinski definition) is 7. The molecular weight excluding hydrogens is 553 g/mol. The number of rotatable bonds is 12. The van der Waals surface area contributed by atoms with Gasteiger partial charge in [0, 0.05) is 53.6 Å². The Balaban J connectivity index is 1.42. The van der Waals surface area contributed by atoms with Gasteiger partial charge in [0.25, 0.3) is 0 Å². The molecule has 2 N–H and O–H groups in total. The Morgan fingerprint density at radius 1 is 0.925 bits per heavy atom. The minimum absolute atomic E-state index is 0.0849. The molecule has 3 aromatic carbocycles. The van der Waals surface area contributed by atoms with Crippen LogP contribution in [0.2, 0.25) is 0 Å². The normalized spacial score (nSPS) is 13.0. The number of alkyl halides is 2. The van der Waals surface area contributed by atoms with Crippen LogP contribution in [0.1, 0.15) is 75.3 Å². The van der Waals surface area contributed by atoms with Crippen molar-refractivity contribution < 1.29 is 29.3 Å². The summed E-state index contributed by atoms with van der Waals surface area (Å²) in [6, 6.07) is 15.5. The fourth-order valence-corrected chi connectivity index (χ4v) is 5.40. The first-order valence-corrected chi connectivity index (χ1v) is 14.3. The molecular formula is C31H31Cl2NO6. The van der Waals surface area contributed by atoms with Crippen LogP contribution >= 0.6 is 23.2 Å². The Labute approximate surface area is 243 Å². The fourth-order valence-electron chi connectivity index (χ4n) is 4.99. The summed E-state index contributed by atoms with van der Waals surface area (Å²) in [7, 11) is 0. The molecule has 210 valence electrons. The average molecular weight is 584 g/mol. The molecule has 0 aromatic heterocycles. The van der Waals surface area contributed by atoms with Gasteiger partial charge in [0.15, 0.2) is 11.6 Å². The van der Waals surface area contributed by atoms with Gasteiger partial charge in [-0.1, -0.05) is 43.3 Å². The highest BCUT2D eigenvalue weighted by Crippen LogP contribution is 2.43. The summed E-state index contributed by atoms with van der Waals surface area (Å²) >= 11 is 11.8. The predicted octanol–water partition coefficient (Wildman–Crippen LogP) is 6.17. The number of anilines is 1. The SMILES string of the molecule is CCC(OC(=O)CCCc1ccc(N(CCCl)CCCl)cc1)c1cc(O)c2c(c1O)C(=O)c1ccccc1C2=O. The van der Waals surface area contributed by atoms with Crippen molar-refractivity contribution in [2.24, 2.45) is 0 Å². The lowest BCUT2D eigenvalue weighted by molar-refractivity contribution is -0.149. The van der Waals surface area contributed by atoms with E-state index in [1.54, 1.807) is 19.1 Å². The lowest BCUT2D eigenvalue weighted by atomic mass is 9.81. The van der Waals surface area contributed by atoms with E-state index in [1.165, 1.54) is 18.2 Å². The molecule has 1 atom stereocenters. The number of carbonyl (C=O) groups excluding carboxylic acids is 3. The maximum Gasteiger partial charge on any atom is 0.306 e. The molecule has 3 aromatic rings. The summed E-state index contributed by atoms with van der Waals surface area (Å²) < 4.78 is 5.65. The van der Waals surface area contributed by atoms with Crippen molar-refractivity contribution in [3.05, 3.63) is 88.0 Å². The van der Waals surface area contributed by atoms with Crippen LogP contribution in [0, 0.1) is 0 Å². The van der Waals surface area contributed by atoms with Gasteiger partial charge in [-0.3, -0.25) is 14.4 Å². The number of phenolic OH excluding ortho intramolecular Hbond substituents is 2. The summed E-state index contributed by atoms with van der Waals surface area (Å²) in [5.74, 6) is -1.48. The number of benzene rings is 3. The molecule has 0 aliphatic heterocycles. The summed E-state index contributed by atoms with van der Waals surface area (Å²) in [5, 5.41) is 21.7. The van der Waals surface area contributed by atoms with Gasteiger partial charge < -0.3 is 19.8 Å². The van der Waals surface area contributed by atoms with E-state index in [9.17, 15) is 24.6 Å². The third kappa shape index (κ3) is 6.11. The minimum atomic E-state index is -0.905. The second-order valence-corrected chi connectivity index (χ2v) is 10.3. The smallest absolute Gasteiger partial charge is 0.306 e. The highest BCUT2D eigenvalue weighted by molar-refractivity contribution is 6.30. The molecule has 0 saturated heterocycles. The van der Waals surface area contributed by atoms with Crippen molar-refractivity contribution in [3.63, 3.8) is 0 Å². The highest BCUT2D eigenvalue weighted by Gasteiger charge is 2.37. The number of nitrogens with zero attached hydrogens (tertiary/aromatic N) is 1. The Morgan fingerprint density at radius 2 is 1.52 bits per heavy atom. The lowest BCUT2D eigenvalue weighted by Crippen LogP contribution is -2.27. The van der Waals surface area contributed by atoms with Crippen LogP contribution < -0.4 is 4.90 Å². The zero-order valence-electron chi connectivity index (χ0n) is 22.2. The summed E-state index contributed by atoms with van der Waals surface area (Å²) in [4.78, 5) is 41.0. The third-order valence-electron chi connectivity index (χ3n) is 7.03. The number of aromatic hydroxyl groups is 2. The van der Waals surface area contributed by atoms with Crippen LogP contribution in [-0.4, -0.2) is 52.6 Å². The van der Waals surface area contributed by atoms with Crippen molar-refractivity contribution in [2.45, 2.75) is 38.7 Å². The standard InChI is InChI=1S/C31H31Cl2NO6/c1-2-25(40-26(36)9-5-6-19-10-12-20(13-11-19)34(16-14-32)17-15-33)23-18-24(35)27-28(31(23)39)30(38)22-8-4-3-7-21(22)29(27)37/h3-4,7-8,10-13,18,25,35,39H,2,5-6,9,14-17H2,1H3. The van der Waals surface area contributed by atoms with E-state index >= 15 is 0 Å². The van der Waals surface area contributed by atoms with Crippen molar-refractivity contribution in [2.75, 3.05) is 29.7 Å². The van der Waals surface area contributed by atoms with Crippen LogP contribution in [0.5, 0.6) is 11.5 Å². The van der Waals surface area contributed by atoms with Crippen LogP contribution in [-0.2, 0) is 16.0 Å². The molecule has 1 aliphatic carbocycles. The molecule has 0 saturated carbocycles. The quantitative estimate of drug-likeness (QED) is 0.117. The number of esters is 1. The second kappa shape index (κ2) is 13.2. The topological polar surface area (TPSA) is 104 Å². The molecule has 0 radical (unpaired) electrons. The molecule has 4 rings (SSSR count). The van der Waals surface area contributed by atoms with E-state index in [0.29, 0.717) is 44.1 Å². The predicted molar refractivity (Wildman–Crippen MR) is 155 cm³/mol. The van der Waals surface area contributed by atoms with E-state index < -0.39 is 35.1 Å². The summed E-state index contributed by atoms with van der Waals surface area (Å²) in [6.07, 6.45) is 0.743. The first-order valence-electron chi connectivity index (χ1n) is 13.2. The fraction of sp³-hybridized carbons (Fsp3) is 0.323. The first-order chi connectivity index (χ1) is 19.3. The van der Waals surface area contributed by atoms with Crippen LogP contribution in [0.15, 0.2) is 54.6 Å². The van der Waals surface area contributed by atoms with Gasteiger partial charge in [0.2, 0.25) is 0 Å². The van der Waals surface area contributed by atoms with Crippen molar-refractivity contribution in [1.82, 2.24) is 0 Å². The number of aryl methyl sites for hydroxylation is 1. The average Bonchev–Trinajstić information content (AvgIpc) is 2.96. The number of ketones is 2. The van der Waals surface area contributed by atoms with Crippen LogP contribution in [0.3, 0.4) is 0 Å². The Kier molecular flexibility index (Phi) is 9.71. The number of carbonyl (C=O) groups is 3. The molecule has 0 fully saturated rings. The molecule has 0 bridgehead atoms. The summed E-state index contributed by atoms with van der Waals surface area (Å²) in [6.45, 7) is 3.16. The third-order valence-corrected chi connectivity index (χ3v) is 7.37. The van der Waals surface area contributed by atoms with Gasteiger partial charge in [-0.15, -0.1) is 23.2 Å². The highest BCUT2D eigenvalue weighted by atomic mass is 35.5. The van der Waals surface area contributed by atoms with Gasteiger partial charge in [0.1, 0.15) is 17.6 Å². The Bertz CT molecular complexity index is 1400. The van der Waals surface area contributed by atoms with E-state index in [4.69, 9.17) is 27.9 Å². The second-order valence-electron chi connectivity index (χ2n) is 9.56. The molecule has 0 amide bonds. The monoisotopic (exact) mass is 583 g/mol. The number of fused-ring (bicyclic) bond motifs is 2. The summed E-state index contributed by atoms with van der Waals surface area (Å²) in [5.41, 5.74) is 1.99. The van der Waals surface area contributed by atoms with Crippen LogP contribution in [0.25, 0.3) is 0 Å². The Hall–Kier alpha value is -3.55. The molecule has 7 nitrogen and oxygen atoms in total. The molecule has 40 heavy (non-hydrogen) atoms. The molecule has 0 heterocycles. The molecule has 9 heteroatoms. The van der Waals surface area contributed by atoms with Gasteiger partial charge in [-0.25, -0.2) is 0 Å². The largest absolute Gasteiger partial charge is 0.507 e. The lowest BCUT2D eigenvalue weighted by Gasteiger charge is -2.24. The number of phenols is 2. The molecule has 1 unspecified atom stereocenters. The maximum absolute atomic E-state index is 13.2. The molecule has 1 aliphatic rings. The van der Waals surface area contributed by atoms with E-state index in [-0.39, 0.29) is 34.2 Å². The maximum atomic E-state index is 13.2. The van der Waals surface area contributed by atoms with Crippen molar-refractivity contribution in [3.8, 4) is 11.5 Å². The van der Waals surface area contributed by atoms with Crippen molar-refractivity contribution >= 4 is 46.4 Å². The number of halogens is 2. The van der Waals surface area contributed by atoms with Gasteiger partial charge >= 0.3 is 5.97 Å². The Morgan fingerprint density at radius 3 is 2.10 bits per heavy atom.